The van der Waals surface area contributed by atoms with Crippen LogP contribution < -0.4 is 4.74 Å². The predicted molar refractivity (Wildman–Crippen MR) is 88.4 cm³/mol. The number of allylic oxidation sites excluding steroid dienone is 1. The Morgan fingerprint density at radius 2 is 1.60 bits per heavy atom. The van der Waals surface area contributed by atoms with E-state index in [-0.39, 0.29) is 0 Å². The van der Waals surface area contributed by atoms with Gasteiger partial charge in [-0.05, 0) is 49.8 Å². The molecule has 0 aliphatic heterocycles. The topological polar surface area (TPSA) is 9.23 Å². The molecule has 1 nitrogen and oxygen atoms in total. The number of aryl methyl sites for hydroxylation is 1. The summed E-state index contributed by atoms with van der Waals surface area (Å²) in [5.74, 6) is 0.998. The third-order valence-corrected chi connectivity index (χ3v) is 3.52. The first-order valence-electron chi connectivity index (χ1n) is 8.19. The smallest absolute Gasteiger partial charge is 0.119 e. The number of rotatable bonds is 12. The van der Waals surface area contributed by atoms with Gasteiger partial charge in [-0.2, -0.15) is 0 Å². The number of hydrogen-bond donors (Lipinski definition) is 0. The summed E-state index contributed by atoms with van der Waals surface area (Å²) >= 11 is 0. The van der Waals surface area contributed by atoms with Crippen LogP contribution in [0.4, 0.5) is 0 Å². The van der Waals surface area contributed by atoms with Crippen molar-refractivity contribution < 1.29 is 4.74 Å². The third-order valence-electron chi connectivity index (χ3n) is 3.52. The second kappa shape index (κ2) is 11.6. The lowest BCUT2D eigenvalue weighted by Gasteiger charge is -2.06. The molecular weight excluding hydrogens is 244 g/mol. The maximum atomic E-state index is 5.59. The van der Waals surface area contributed by atoms with Gasteiger partial charge in [-0.25, -0.2) is 0 Å². The van der Waals surface area contributed by atoms with Crippen LogP contribution >= 0.6 is 0 Å². The first-order chi connectivity index (χ1) is 9.86. The largest absolute Gasteiger partial charge is 0.494 e. The van der Waals surface area contributed by atoms with Crippen molar-refractivity contribution in [2.75, 3.05) is 6.61 Å². The molecule has 1 aromatic carbocycles. The first-order valence-corrected chi connectivity index (χ1v) is 8.19. The van der Waals surface area contributed by atoms with Crippen molar-refractivity contribution >= 4 is 0 Å². The molecule has 0 radical (unpaired) electrons. The third kappa shape index (κ3) is 8.04. The lowest BCUT2D eigenvalue weighted by Crippen LogP contribution is -1.95. The monoisotopic (exact) mass is 274 g/mol. The summed E-state index contributed by atoms with van der Waals surface area (Å²) in [6.45, 7) is 6.70. The van der Waals surface area contributed by atoms with Crippen LogP contribution in [0.1, 0.15) is 63.9 Å². The first kappa shape index (κ1) is 16.8. The summed E-state index contributed by atoms with van der Waals surface area (Å²) in [5.41, 5.74) is 1.43. The number of benzene rings is 1. The van der Waals surface area contributed by atoms with Crippen molar-refractivity contribution in [2.24, 2.45) is 0 Å². The van der Waals surface area contributed by atoms with Crippen LogP contribution in [0.5, 0.6) is 5.75 Å². The van der Waals surface area contributed by atoms with Crippen LogP contribution in [0, 0.1) is 0 Å². The molecule has 1 aromatic rings. The van der Waals surface area contributed by atoms with Gasteiger partial charge in [0.25, 0.3) is 0 Å². The molecule has 0 aliphatic rings. The Labute approximate surface area is 125 Å². The van der Waals surface area contributed by atoms with Gasteiger partial charge in [0.15, 0.2) is 0 Å². The number of ether oxygens (including phenoxy) is 1. The molecule has 0 aromatic heterocycles. The molecule has 112 valence electrons. The van der Waals surface area contributed by atoms with E-state index >= 15 is 0 Å². The van der Waals surface area contributed by atoms with Crippen molar-refractivity contribution in [3.63, 3.8) is 0 Å². The van der Waals surface area contributed by atoms with Crippen LogP contribution in [0.25, 0.3) is 0 Å². The Bertz CT molecular complexity index is 339. The Morgan fingerprint density at radius 1 is 0.950 bits per heavy atom. The molecule has 20 heavy (non-hydrogen) atoms. The molecule has 0 saturated carbocycles. The van der Waals surface area contributed by atoms with E-state index in [2.05, 4.69) is 37.8 Å². The normalized spacial score (nSPS) is 10.4. The van der Waals surface area contributed by atoms with E-state index in [1.807, 2.05) is 6.08 Å². The molecule has 0 heterocycles. The average molecular weight is 274 g/mol. The van der Waals surface area contributed by atoms with Crippen molar-refractivity contribution in [3.05, 3.63) is 42.5 Å². The summed E-state index contributed by atoms with van der Waals surface area (Å²) in [5, 5.41) is 0. The predicted octanol–water partition coefficient (Wildman–Crippen LogP) is 5.93. The van der Waals surface area contributed by atoms with E-state index in [1.54, 1.807) is 0 Å². The summed E-state index contributed by atoms with van der Waals surface area (Å²) in [6, 6.07) is 8.60. The molecule has 0 amide bonds. The van der Waals surface area contributed by atoms with Crippen LogP contribution in [-0.4, -0.2) is 6.61 Å². The van der Waals surface area contributed by atoms with Gasteiger partial charge in [0.1, 0.15) is 5.75 Å². The van der Waals surface area contributed by atoms with E-state index in [0.717, 1.165) is 18.8 Å². The zero-order chi connectivity index (χ0) is 14.5. The number of hydrogen-bond acceptors (Lipinski definition) is 1. The van der Waals surface area contributed by atoms with E-state index in [1.165, 1.54) is 56.9 Å². The summed E-state index contributed by atoms with van der Waals surface area (Å²) < 4.78 is 5.59. The lowest BCUT2D eigenvalue weighted by atomic mass is 10.0. The highest BCUT2D eigenvalue weighted by molar-refractivity contribution is 5.27. The summed E-state index contributed by atoms with van der Waals surface area (Å²) in [6.07, 6.45) is 13.5. The van der Waals surface area contributed by atoms with Crippen LogP contribution in [-0.2, 0) is 6.42 Å². The molecular formula is C19H30O. The van der Waals surface area contributed by atoms with Gasteiger partial charge in [0.2, 0.25) is 0 Å². The fourth-order valence-corrected chi connectivity index (χ4v) is 2.30. The Kier molecular flexibility index (Phi) is 9.73. The minimum atomic E-state index is 0.811. The number of unbranched alkanes of at least 4 members (excludes halogenated alkanes) is 6. The van der Waals surface area contributed by atoms with Gasteiger partial charge in [0.05, 0.1) is 6.61 Å². The summed E-state index contributed by atoms with van der Waals surface area (Å²) in [4.78, 5) is 0. The fourth-order valence-electron chi connectivity index (χ4n) is 2.30. The van der Waals surface area contributed by atoms with Crippen LogP contribution in [0.2, 0.25) is 0 Å². The SMILES string of the molecule is C=CCCCCCCCCc1ccc(OCCC)cc1. The van der Waals surface area contributed by atoms with Crippen LogP contribution in [0.15, 0.2) is 36.9 Å². The van der Waals surface area contributed by atoms with Gasteiger partial charge in [-0.3, -0.25) is 0 Å². The standard InChI is InChI=1S/C19H30O/c1-3-5-6-7-8-9-10-11-12-18-13-15-19(16-14-18)20-17-4-2/h3,13-16H,1,4-12,17H2,2H3. The maximum Gasteiger partial charge on any atom is 0.119 e. The Hall–Kier alpha value is -1.24. The molecule has 0 atom stereocenters. The second-order valence-electron chi connectivity index (χ2n) is 5.44. The quantitative estimate of drug-likeness (QED) is 0.339. The Morgan fingerprint density at radius 3 is 2.25 bits per heavy atom. The van der Waals surface area contributed by atoms with Crippen LogP contribution in [0.3, 0.4) is 0 Å². The molecule has 1 heteroatoms. The van der Waals surface area contributed by atoms with Crippen molar-refractivity contribution in [3.8, 4) is 5.75 Å². The van der Waals surface area contributed by atoms with E-state index in [4.69, 9.17) is 4.74 Å². The molecule has 0 bridgehead atoms. The molecule has 0 N–H and O–H groups in total. The molecule has 0 fully saturated rings. The van der Waals surface area contributed by atoms with Gasteiger partial charge >= 0.3 is 0 Å². The average Bonchev–Trinajstić information content (AvgIpc) is 2.49. The molecule has 0 saturated heterocycles. The van der Waals surface area contributed by atoms with E-state index < -0.39 is 0 Å². The van der Waals surface area contributed by atoms with Crippen molar-refractivity contribution in [2.45, 2.75) is 64.7 Å². The highest BCUT2D eigenvalue weighted by Crippen LogP contribution is 2.15. The zero-order valence-electron chi connectivity index (χ0n) is 13.1. The fraction of sp³-hybridized carbons (Fsp3) is 0.579. The minimum Gasteiger partial charge on any atom is -0.494 e. The molecule has 1 rings (SSSR count). The summed E-state index contributed by atoms with van der Waals surface area (Å²) in [7, 11) is 0. The van der Waals surface area contributed by atoms with Gasteiger partial charge in [-0.15, -0.1) is 6.58 Å². The zero-order valence-corrected chi connectivity index (χ0v) is 13.1. The van der Waals surface area contributed by atoms with E-state index in [9.17, 15) is 0 Å². The van der Waals surface area contributed by atoms with Crippen molar-refractivity contribution in [1.29, 1.82) is 0 Å². The highest BCUT2D eigenvalue weighted by Gasteiger charge is 1.96. The van der Waals surface area contributed by atoms with Gasteiger partial charge in [0, 0.05) is 0 Å². The van der Waals surface area contributed by atoms with Gasteiger partial charge < -0.3 is 4.74 Å². The second-order valence-corrected chi connectivity index (χ2v) is 5.44. The molecule has 0 unspecified atom stereocenters. The van der Waals surface area contributed by atoms with E-state index in [0.29, 0.717) is 0 Å². The Balaban J connectivity index is 2.05. The highest BCUT2D eigenvalue weighted by atomic mass is 16.5. The van der Waals surface area contributed by atoms with Crippen molar-refractivity contribution in [1.82, 2.24) is 0 Å². The van der Waals surface area contributed by atoms with Gasteiger partial charge in [-0.1, -0.05) is 50.8 Å². The molecule has 0 aliphatic carbocycles. The lowest BCUT2D eigenvalue weighted by molar-refractivity contribution is 0.317. The maximum absolute atomic E-state index is 5.59. The minimum absolute atomic E-state index is 0.811. The molecule has 0 spiro atoms.